The lowest BCUT2D eigenvalue weighted by atomic mass is 9.89. The van der Waals surface area contributed by atoms with E-state index >= 15 is 0 Å². The van der Waals surface area contributed by atoms with Gasteiger partial charge in [-0.05, 0) is 52.4 Å². The minimum atomic E-state index is -1.19. The van der Waals surface area contributed by atoms with Gasteiger partial charge in [-0.2, -0.15) is 0 Å². The van der Waals surface area contributed by atoms with Crippen LogP contribution in [0.1, 0.15) is 174 Å². The number of carbonyl (C=O) groups excluding carboxylic acids is 6. The predicted octanol–water partition coefficient (Wildman–Crippen LogP) is 5.93. The smallest absolute Gasteiger partial charge is 0.326 e. The van der Waals surface area contributed by atoms with E-state index in [2.05, 4.69) is 10.6 Å². The largest absolute Gasteiger partial charge is 0.481 e. The first-order valence-electron chi connectivity index (χ1n) is 21.6. The van der Waals surface area contributed by atoms with Crippen molar-refractivity contribution in [3.8, 4) is 0 Å². The Bertz CT molecular complexity index is 1290. The summed E-state index contributed by atoms with van der Waals surface area (Å²) >= 11 is 0. The van der Waals surface area contributed by atoms with E-state index in [1.165, 1.54) is 52.4 Å². The zero-order valence-electron chi connectivity index (χ0n) is 35.6. The highest BCUT2D eigenvalue weighted by Crippen LogP contribution is 2.17. The van der Waals surface area contributed by atoms with Crippen LogP contribution in [0.2, 0.25) is 0 Å². The van der Waals surface area contributed by atoms with Gasteiger partial charge < -0.3 is 40.2 Å². The Labute approximate surface area is 349 Å². The number of carboxylic acid groups (broad SMARTS) is 3. The van der Waals surface area contributed by atoms with E-state index in [1.807, 2.05) is 0 Å². The van der Waals surface area contributed by atoms with Gasteiger partial charge in [0, 0.05) is 57.5 Å². The number of rotatable bonds is 42. The van der Waals surface area contributed by atoms with E-state index in [1.54, 1.807) is 0 Å². The Morgan fingerprint density at radius 2 is 0.966 bits per heavy atom. The summed E-state index contributed by atoms with van der Waals surface area (Å²) in [6.07, 6.45) is 15.4. The van der Waals surface area contributed by atoms with Crippen LogP contribution < -0.4 is 10.6 Å². The Hall–Kier alpha value is -4.05. The highest BCUT2D eigenvalue weighted by Gasteiger charge is 2.27. The molecule has 0 fully saturated rings. The molecule has 5 N–H and O–H groups in total. The topological polar surface area (TPSA) is 257 Å². The second kappa shape index (κ2) is 35.9. The molecule has 0 saturated carbocycles. The highest BCUT2D eigenvalue weighted by molar-refractivity contribution is 5.93. The maximum Gasteiger partial charge on any atom is 0.326 e. The van der Waals surface area contributed by atoms with E-state index in [0.717, 1.165) is 44.9 Å². The molecule has 16 heteroatoms. The highest BCUT2D eigenvalue weighted by atomic mass is 16.5. The third-order valence-electron chi connectivity index (χ3n) is 9.98. The third kappa shape index (κ3) is 34.5. The number of nitrogens with one attached hydrogen (secondary N) is 2. The summed E-state index contributed by atoms with van der Waals surface area (Å²) in [6, 6.07) is -2.28. The van der Waals surface area contributed by atoms with Gasteiger partial charge in [0.15, 0.2) is 5.78 Å². The third-order valence-corrected chi connectivity index (χ3v) is 9.98. The minimum Gasteiger partial charge on any atom is -0.481 e. The lowest BCUT2D eigenvalue weighted by Gasteiger charge is -2.20. The summed E-state index contributed by atoms with van der Waals surface area (Å²) in [6.45, 7) is 2.61. The number of hydrogen-bond acceptors (Lipinski definition) is 11. The van der Waals surface area contributed by atoms with E-state index in [9.17, 15) is 48.3 Å². The van der Waals surface area contributed by atoms with Gasteiger partial charge in [-0.1, -0.05) is 77.0 Å². The molecule has 338 valence electrons. The summed E-state index contributed by atoms with van der Waals surface area (Å²) in [5.41, 5.74) is 0. The molecule has 0 aliphatic carbocycles. The van der Waals surface area contributed by atoms with Crippen LogP contribution in [0.3, 0.4) is 0 Å². The second-order valence-electron chi connectivity index (χ2n) is 15.4. The summed E-state index contributed by atoms with van der Waals surface area (Å²) in [4.78, 5) is 107. The van der Waals surface area contributed by atoms with Crippen molar-refractivity contribution in [1.82, 2.24) is 10.6 Å². The number of Topliss-reactive ketones (excluding diaryl/α,β-unsaturated/α-hetero) is 4. The molecule has 3 atom stereocenters. The maximum absolute atomic E-state index is 12.9. The summed E-state index contributed by atoms with van der Waals surface area (Å²) in [7, 11) is 0. The van der Waals surface area contributed by atoms with Crippen molar-refractivity contribution in [3.05, 3.63) is 0 Å². The molecular formula is C43H72N2O14. The molecule has 0 bridgehead atoms. The standard InChI is InChI=1S/C43H72N2O14/c1-32(46)21-22-34(33(2)47)30-38(49)36(25-26-42(54)55)44-40(51)31-59-29-28-58-27-17-18-35(48)23-24-37(43(56)57)45-39(50)19-15-13-11-9-7-5-3-4-6-8-10-12-14-16-20-41(52)53/h34,36-37H,3-31H2,1-2H3,(H,44,51)(H,45,50)(H,52,53)(H,54,55)(H,56,57)/t34-,36+,37+/m1/s1. The maximum atomic E-state index is 12.9. The molecule has 0 aliphatic heterocycles. The van der Waals surface area contributed by atoms with Crippen molar-refractivity contribution < 1.29 is 67.9 Å². The molecule has 59 heavy (non-hydrogen) atoms. The fourth-order valence-corrected chi connectivity index (χ4v) is 6.42. The van der Waals surface area contributed by atoms with Gasteiger partial charge in [-0.25, -0.2) is 4.79 Å². The van der Waals surface area contributed by atoms with Crippen LogP contribution >= 0.6 is 0 Å². The molecule has 0 radical (unpaired) electrons. The molecule has 0 aromatic carbocycles. The van der Waals surface area contributed by atoms with Crippen molar-refractivity contribution in [2.45, 2.75) is 186 Å². The number of carboxylic acids is 3. The first-order chi connectivity index (χ1) is 28.1. The Balaban J connectivity index is 4.11. The number of ketones is 4. The molecule has 16 nitrogen and oxygen atoms in total. The number of hydrogen-bond donors (Lipinski definition) is 5. The van der Waals surface area contributed by atoms with Gasteiger partial charge >= 0.3 is 17.9 Å². The van der Waals surface area contributed by atoms with E-state index in [-0.39, 0.29) is 107 Å². The van der Waals surface area contributed by atoms with Crippen LogP contribution in [-0.4, -0.2) is 107 Å². The molecule has 0 unspecified atom stereocenters. The van der Waals surface area contributed by atoms with Crippen LogP contribution in [0.25, 0.3) is 0 Å². The van der Waals surface area contributed by atoms with Crippen LogP contribution in [0, 0.1) is 5.92 Å². The molecule has 0 spiro atoms. The minimum absolute atomic E-state index is 0.00610. The lowest BCUT2D eigenvalue weighted by molar-refractivity contribution is -0.142. The Kier molecular flexibility index (Phi) is 33.4. The van der Waals surface area contributed by atoms with Gasteiger partial charge in [0.2, 0.25) is 11.8 Å². The average molecular weight is 841 g/mol. The number of unbranched alkanes of at least 4 members (excludes halogenated alkanes) is 13. The van der Waals surface area contributed by atoms with Crippen molar-refractivity contribution in [2.75, 3.05) is 26.4 Å². The van der Waals surface area contributed by atoms with E-state index in [0.29, 0.717) is 12.8 Å². The fraction of sp³-hybridized carbons (Fsp3) is 0.791. The summed E-state index contributed by atoms with van der Waals surface area (Å²) < 4.78 is 10.7. The molecule has 0 rings (SSSR count). The number of carbonyl (C=O) groups is 9. The van der Waals surface area contributed by atoms with Crippen LogP contribution in [-0.2, 0) is 52.6 Å². The number of amides is 2. The van der Waals surface area contributed by atoms with Gasteiger partial charge in [0.25, 0.3) is 0 Å². The molecule has 0 saturated heterocycles. The lowest BCUT2D eigenvalue weighted by Crippen LogP contribution is -2.43. The Morgan fingerprint density at radius 1 is 0.475 bits per heavy atom. The van der Waals surface area contributed by atoms with E-state index in [4.69, 9.17) is 19.7 Å². The van der Waals surface area contributed by atoms with Crippen LogP contribution in [0.5, 0.6) is 0 Å². The van der Waals surface area contributed by atoms with Crippen molar-refractivity contribution in [3.63, 3.8) is 0 Å². The molecular weight excluding hydrogens is 768 g/mol. The zero-order valence-corrected chi connectivity index (χ0v) is 35.6. The summed E-state index contributed by atoms with van der Waals surface area (Å²) in [5, 5.41) is 32.3. The second-order valence-corrected chi connectivity index (χ2v) is 15.4. The number of aliphatic carboxylic acids is 3. The van der Waals surface area contributed by atoms with Crippen molar-refractivity contribution in [2.24, 2.45) is 5.92 Å². The first kappa shape index (κ1) is 55.0. The predicted molar refractivity (Wildman–Crippen MR) is 219 cm³/mol. The van der Waals surface area contributed by atoms with Gasteiger partial charge in [0.1, 0.15) is 30.0 Å². The van der Waals surface area contributed by atoms with Crippen molar-refractivity contribution in [1.29, 1.82) is 0 Å². The molecule has 2 amide bonds. The summed E-state index contributed by atoms with van der Waals surface area (Å²) in [5.74, 6) is -5.85. The van der Waals surface area contributed by atoms with Gasteiger partial charge in [-0.3, -0.25) is 33.6 Å². The van der Waals surface area contributed by atoms with Gasteiger partial charge in [0.05, 0.1) is 19.3 Å². The normalized spacial score (nSPS) is 12.6. The average Bonchev–Trinajstić information content (AvgIpc) is 3.16. The Morgan fingerprint density at radius 3 is 1.47 bits per heavy atom. The van der Waals surface area contributed by atoms with Crippen molar-refractivity contribution >= 4 is 52.9 Å². The zero-order chi connectivity index (χ0) is 44.3. The molecule has 0 heterocycles. The first-order valence-corrected chi connectivity index (χ1v) is 21.6. The van der Waals surface area contributed by atoms with Crippen LogP contribution in [0.15, 0.2) is 0 Å². The van der Waals surface area contributed by atoms with Gasteiger partial charge in [-0.15, -0.1) is 0 Å². The quantitative estimate of drug-likeness (QED) is 0.0447. The fourth-order valence-electron chi connectivity index (χ4n) is 6.42. The molecule has 0 aliphatic rings. The molecule has 0 aromatic heterocycles. The molecule has 0 aromatic rings. The van der Waals surface area contributed by atoms with Crippen LogP contribution in [0.4, 0.5) is 0 Å². The SMILES string of the molecule is CC(=O)CC[C@H](CC(=O)[C@H](CCC(=O)O)NC(=O)COCCOCCCC(=O)CC[C@H](NC(=O)CCCCCCCCCCCCCCCCC(=O)O)C(=O)O)C(C)=O. The number of ether oxygens (including phenoxy) is 2. The monoisotopic (exact) mass is 840 g/mol. The van der Waals surface area contributed by atoms with E-state index < -0.39 is 54.2 Å².